The Morgan fingerprint density at radius 3 is 2.56 bits per heavy atom. The van der Waals surface area contributed by atoms with Crippen LogP contribution in [0.15, 0.2) is 18.5 Å². The van der Waals surface area contributed by atoms with Crippen molar-refractivity contribution in [3.05, 3.63) is 24.0 Å². The topological polar surface area (TPSA) is 96.4 Å². The quantitative estimate of drug-likeness (QED) is 0.867. The second-order valence-electron chi connectivity index (χ2n) is 5.15. The highest BCUT2D eigenvalue weighted by Crippen LogP contribution is 2.20. The number of hydrogen-bond donors (Lipinski definition) is 2. The lowest BCUT2D eigenvalue weighted by atomic mass is 10.0. The average Bonchev–Trinajstić information content (AvgIpc) is 2.13. The third kappa shape index (κ3) is 4.33. The maximum Gasteiger partial charge on any atom is 0.337 e. The molecule has 0 aliphatic carbocycles. The highest BCUT2D eigenvalue weighted by atomic mass is 32.2. The molecule has 0 bridgehead atoms. The van der Waals surface area contributed by atoms with E-state index in [1.54, 1.807) is 20.8 Å². The summed E-state index contributed by atoms with van der Waals surface area (Å²) in [5.74, 6) is -1.31. The summed E-state index contributed by atoms with van der Waals surface area (Å²) in [4.78, 5) is 14.6. The van der Waals surface area contributed by atoms with Crippen molar-refractivity contribution in [2.24, 2.45) is 5.41 Å². The molecular formula is C11H16N2O4S. The molecular weight excluding hydrogens is 256 g/mol. The van der Waals surface area contributed by atoms with Crippen molar-refractivity contribution < 1.29 is 18.3 Å². The number of nitrogens with one attached hydrogen (secondary N) is 1. The second kappa shape index (κ2) is 4.93. The molecule has 18 heavy (non-hydrogen) atoms. The largest absolute Gasteiger partial charge is 0.478 e. The Morgan fingerprint density at radius 1 is 1.44 bits per heavy atom. The standard InChI is InChI=1S/C11H16N2O4S/c1-11(2,3)7-18(16,17)13-9-6-12-5-4-8(9)10(14)15/h4-6,13H,7H2,1-3H3,(H,14,15). The van der Waals surface area contributed by atoms with Gasteiger partial charge < -0.3 is 5.11 Å². The zero-order chi connectivity index (χ0) is 14.0. The first-order valence-corrected chi connectivity index (χ1v) is 6.94. The Kier molecular flexibility index (Phi) is 3.95. The number of pyridine rings is 1. The maximum absolute atomic E-state index is 11.9. The minimum Gasteiger partial charge on any atom is -0.478 e. The highest BCUT2D eigenvalue weighted by molar-refractivity contribution is 7.92. The molecule has 7 heteroatoms. The van der Waals surface area contributed by atoms with Crippen LogP contribution in [0.4, 0.5) is 5.69 Å². The minimum absolute atomic E-state index is 0.0192. The third-order valence-corrected chi connectivity index (χ3v) is 3.72. The molecule has 1 aromatic heterocycles. The molecule has 100 valence electrons. The molecule has 1 heterocycles. The fourth-order valence-corrected chi connectivity index (χ4v) is 3.15. The Bertz CT molecular complexity index is 546. The number of rotatable bonds is 4. The predicted molar refractivity (Wildman–Crippen MR) is 68.1 cm³/mol. The molecule has 0 radical (unpaired) electrons. The molecule has 0 amide bonds. The molecule has 0 aliphatic rings. The molecule has 0 fully saturated rings. The van der Waals surface area contributed by atoms with Crippen molar-refractivity contribution in [3.8, 4) is 0 Å². The van der Waals surface area contributed by atoms with E-state index in [1.165, 1.54) is 18.5 Å². The Hall–Kier alpha value is -1.63. The van der Waals surface area contributed by atoms with Gasteiger partial charge in [-0.3, -0.25) is 9.71 Å². The fourth-order valence-electron chi connectivity index (χ4n) is 1.44. The van der Waals surface area contributed by atoms with E-state index in [0.717, 1.165) is 0 Å². The highest BCUT2D eigenvalue weighted by Gasteiger charge is 2.23. The van der Waals surface area contributed by atoms with Gasteiger partial charge in [-0.1, -0.05) is 20.8 Å². The lowest BCUT2D eigenvalue weighted by molar-refractivity contribution is 0.0698. The number of sulfonamides is 1. The van der Waals surface area contributed by atoms with Gasteiger partial charge in [0.05, 0.1) is 23.2 Å². The molecule has 1 rings (SSSR count). The van der Waals surface area contributed by atoms with E-state index in [1.807, 2.05) is 0 Å². The summed E-state index contributed by atoms with van der Waals surface area (Å²) in [6.07, 6.45) is 2.48. The number of carbonyl (C=O) groups is 1. The van der Waals surface area contributed by atoms with Gasteiger partial charge in [-0.25, -0.2) is 13.2 Å². The van der Waals surface area contributed by atoms with Crippen LogP contribution in [-0.4, -0.2) is 30.2 Å². The van der Waals surface area contributed by atoms with Gasteiger partial charge in [0.2, 0.25) is 10.0 Å². The molecule has 1 aromatic rings. The minimum atomic E-state index is -3.60. The normalized spacial score (nSPS) is 12.2. The molecule has 0 saturated heterocycles. The summed E-state index contributed by atoms with van der Waals surface area (Å²) in [5, 5.41) is 8.93. The summed E-state index contributed by atoms with van der Waals surface area (Å²) >= 11 is 0. The molecule has 0 saturated carbocycles. The lowest BCUT2D eigenvalue weighted by Gasteiger charge is -2.19. The van der Waals surface area contributed by atoms with E-state index >= 15 is 0 Å². The van der Waals surface area contributed by atoms with Crippen molar-refractivity contribution >= 4 is 21.7 Å². The van der Waals surface area contributed by atoms with Crippen LogP contribution in [-0.2, 0) is 10.0 Å². The number of anilines is 1. The Labute approximate surface area is 106 Å². The first-order valence-electron chi connectivity index (χ1n) is 5.28. The Morgan fingerprint density at radius 2 is 2.06 bits per heavy atom. The molecule has 6 nitrogen and oxygen atoms in total. The van der Waals surface area contributed by atoms with Gasteiger partial charge in [0.15, 0.2) is 0 Å². The van der Waals surface area contributed by atoms with Gasteiger partial charge in [-0.2, -0.15) is 0 Å². The van der Waals surface area contributed by atoms with Gasteiger partial charge in [0.1, 0.15) is 0 Å². The number of nitrogens with zero attached hydrogens (tertiary/aromatic N) is 1. The average molecular weight is 272 g/mol. The molecule has 0 atom stereocenters. The van der Waals surface area contributed by atoms with Crippen LogP contribution in [0.3, 0.4) is 0 Å². The summed E-state index contributed by atoms with van der Waals surface area (Å²) < 4.78 is 26.0. The maximum atomic E-state index is 11.9. The molecule has 0 unspecified atom stereocenters. The number of hydrogen-bond acceptors (Lipinski definition) is 4. The summed E-state index contributed by atoms with van der Waals surface area (Å²) in [6.45, 7) is 5.36. The van der Waals surface area contributed by atoms with E-state index < -0.39 is 21.4 Å². The van der Waals surface area contributed by atoms with E-state index in [2.05, 4.69) is 9.71 Å². The zero-order valence-corrected chi connectivity index (χ0v) is 11.3. The van der Waals surface area contributed by atoms with Crippen molar-refractivity contribution in [1.82, 2.24) is 4.98 Å². The van der Waals surface area contributed by atoms with Crippen LogP contribution in [0.5, 0.6) is 0 Å². The van der Waals surface area contributed by atoms with Crippen molar-refractivity contribution in [3.63, 3.8) is 0 Å². The first kappa shape index (κ1) is 14.4. The SMILES string of the molecule is CC(C)(C)CS(=O)(=O)Nc1cnccc1C(=O)O. The van der Waals surface area contributed by atoms with Crippen LogP contribution in [0.25, 0.3) is 0 Å². The Balaban J connectivity index is 3.02. The van der Waals surface area contributed by atoms with Crippen LogP contribution in [0, 0.1) is 5.41 Å². The van der Waals surface area contributed by atoms with Crippen molar-refractivity contribution in [2.75, 3.05) is 10.5 Å². The van der Waals surface area contributed by atoms with Crippen LogP contribution in [0.1, 0.15) is 31.1 Å². The van der Waals surface area contributed by atoms with Gasteiger partial charge in [-0.15, -0.1) is 0 Å². The fraction of sp³-hybridized carbons (Fsp3) is 0.455. The van der Waals surface area contributed by atoms with Gasteiger partial charge in [0.25, 0.3) is 0 Å². The number of aromatic carboxylic acids is 1. The molecule has 0 spiro atoms. The molecule has 2 N–H and O–H groups in total. The van der Waals surface area contributed by atoms with E-state index in [9.17, 15) is 13.2 Å². The first-order chi connectivity index (χ1) is 8.11. The smallest absolute Gasteiger partial charge is 0.337 e. The lowest BCUT2D eigenvalue weighted by Crippen LogP contribution is -2.27. The predicted octanol–water partition coefficient (Wildman–Crippen LogP) is 1.57. The summed E-state index contributed by atoms with van der Waals surface area (Å²) in [7, 11) is -3.60. The summed E-state index contributed by atoms with van der Waals surface area (Å²) in [6, 6.07) is 1.25. The van der Waals surface area contributed by atoms with Crippen molar-refractivity contribution in [1.29, 1.82) is 0 Å². The number of carboxylic acids is 1. The van der Waals surface area contributed by atoms with E-state index in [-0.39, 0.29) is 17.0 Å². The van der Waals surface area contributed by atoms with Gasteiger partial charge >= 0.3 is 5.97 Å². The summed E-state index contributed by atoms with van der Waals surface area (Å²) in [5.41, 5.74) is -0.561. The van der Waals surface area contributed by atoms with E-state index in [4.69, 9.17) is 5.11 Å². The number of aromatic nitrogens is 1. The van der Waals surface area contributed by atoms with Crippen LogP contribution in [0.2, 0.25) is 0 Å². The monoisotopic (exact) mass is 272 g/mol. The third-order valence-electron chi connectivity index (χ3n) is 1.94. The zero-order valence-electron chi connectivity index (χ0n) is 10.5. The van der Waals surface area contributed by atoms with Crippen LogP contribution < -0.4 is 4.72 Å². The molecule has 0 aromatic carbocycles. The molecule has 0 aliphatic heterocycles. The second-order valence-corrected chi connectivity index (χ2v) is 6.87. The van der Waals surface area contributed by atoms with Gasteiger partial charge in [-0.05, 0) is 11.5 Å². The van der Waals surface area contributed by atoms with Gasteiger partial charge in [0, 0.05) is 6.20 Å². The van der Waals surface area contributed by atoms with E-state index in [0.29, 0.717) is 0 Å². The van der Waals surface area contributed by atoms with Crippen molar-refractivity contribution in [2.45, 2.75) is 20.8 Å². The number of carboxylic acid groups (broad SMARTS) is 1. The van der Waals surface area contributed by atoms with Crippen LogP contribution >= 0.6 is 0 Å².